The number of fused-ring (bicyclic) bond motifs is 1. The summed E-state index contributed by atoms with van der Waals surface area (Å²) < 4.78 is 3.93. The Morgan fingerprint density at radius 3 is 2.28 bits per heavy atom. The fraction of sp³-hybridized carbons (Fsp3) is 0.269. The maximum Gasteiger partial charge on any atom is 0.165 e. The van der Waals surface area contributed by atoms with Crippen molar-refractivity contribution in [1.29, 1.82) is 0 Å². The highest BCUT2D eigenvalue weighted by atomic mass is 15.4. The zero-order chi connectivity index (χ0) is 24.3. The normalized spacial score (nSPS) is 16.2. The highest BCUT2D eigenvalue weighted by Gasteiger charge is 2.33. The number of aromatic nitrogens is 7. The Balaban J connectivity index is 1.40. The maximum atomic E-state index is 5.96. The molecular formula is C26H28N10. The van der Waals surface area contributed by atoms with Crippen LogP contribution in [0.15, 0.2) is 79.5 Å². The molecule has 182 valence electrons. The van der Waals surface area contributed by atoms with Crippen LogP contribution in [0.25, 0.3) is 11.2 Å². The number of imidazole rings is 1. The van der Waals surface area contributed by atoms with E-state index in [4.69, 9.17) is 5.73 Å². The number of hydrogen-bond acceptors (Lipinski definition) is 8. The van der Waals surface area contributed by atoms with E-state index in [0.29, 0.717) is 23.5 Å². The van der Waals surface area contributed by atoms with Gasteiger partial charge in [0.15, 0.2) is 11.5 Å². The first-order chi connectivity index (χ1) is 17.8. The van der Waals surface area contributed by atoms with Crippen LogP contribution >= 0.6 is 0 Å². The van der Waals surface area contributed by atoms with Gasteiger partial charge >= 0.3 is 0 Å². The van der Waals surface area contributed by atoms with E-state index in [1.807, 2.05) is 21.5 Å². The monoisotopic (exact) mass is 480 g/mol. The minimum absolute atomic E-state index is 0.0505. The Hall–Kier alpha value is -4.15. The minimum atomic E-state index is -0.0505. The van der Waals surface area contributed by atoms with Crippen LogP contribution in [-0.2, 0) is 6.54 Å². The predicted octanol–water partition coefficient (Wildman–Crippen LogP) is 2.28. The van der Waals surface area contributed by atoms with E-state index in [1.54, 1.807) is 6.33 Å². The second-order valence-corrected chi connectivity index (χ2v) is 8.99. The summed E-state index contributed by atoms with van der Waals surface area (Å²) in [5.74, 6) is 0.369. The number of nitrogens with one attached hydrogen (secondary N) is 1. The molecule has 0 radical (unpaired) electrons. The maximum absolute atomic E-state index is 5.96. The Kier molecular flexibility index (Phi) is 6.10. The average molecular weight is 481 g/mol. The molecule has 2 aromatic carbocycles. The van der Waals surface area contributed by atoms with E-state index in [-0.39, 0.29) is 12.1 Å². The van der Waals surface area contributed by atoms with Crippen LogP contribution in [-0.4, -0.2) is 65.6 Å². The third kappa shape index (κ3) is 4.32. The topological polar surface area (TPSA) is 116 Å². The van der Waals surface area contributed by atoms with Crippen LogP contribution in [0.2, 0.25) is 0 Å². The third-order valence-corrected chi connectivity index (χ3v) is 6.73. The van der Waals surface area contributed by atoms with Crippen LogP contribution in [0.3, 0.4) is 0 Å². The van der Waals surface area contributed by atoms with Gasteiger partial charge in [-0.2, -0.15) is 0 Å². The molecule has 2 atom stereocenters. The van der Waals surface area contributed by atoms with Gasteiger partial charge in [0.2, 0.25) is 0 Å². The Labute approximate surface area is 208 Å². The molecule has 0 saturated carbocycles. The van der Waals surface area contributed by atoms with Gasteiger partial charge in [-0.05, 0) is 11.1 Å². The van der Waals surface area contributed by atoms with E-state index in [1.165, 1.54) is 17.5 Å². The van der Waals surface area contributed by atoms with Crippen LogP contribution in [0.1, 0.15) is 28.9 Å². The molecule has 1 aliphatic heterocycles. The number of nitrogens with two attached hydrogens (primary N) is 1. The molecule has 0 unspecified atom stereocenters. The van der Waals surface area contributed by atoms with Crippen LogP contribution < -0.4 is 11.1 Å². The van der Waals surface area contributed by atoms with E-state index < -0.39 is 0 Å². The Bertz CT molecular complexity index is 1420. The molecule has 3 aromatic heterocycles. The Morgan fingerprint density at radius 1 is 0.861 bits per heavy atom. The average Bonchev–Trinajstić information content (AvgIpc) is 3.57. The van der Waals surface area contributed by atoms with Crippen molar-refractivity contribution >= 4 is 17.0 Å². The molecule has 10 heteroatoms. The highest BCUT2D eigenvalue weighted by molar-refractivity contribution is 5.81. The fourth-order valence-corrected chi connectivity index (χ4v) is 5.04. The molecule has 10 nitrogen and oxygen atoms in total. The lowest BCUT2D eigenvalue weighted by atomic mass is 9.91. The zero-order valence-electron chi connectivity index (χ0n) is 19.9. The first kappa shape index (κ1) is 22.3. The summed E-state index contributed by atoms with van der Waals surface area (Å²) in [5, 5.41) is 12.7. The van der Waals surface area contributed by atoms with E-state index in [0.717, 1.165) is 31.9 Å². The van der Waals surface area contributed by atoms with Crippen molar-refractivity contribution in [1.82, 2.24) is 44.7 Å². The number of anilines is 1. The van der Waals surface area contributed by atoms with Crippen molar-refractivity contribution in [2.24, 2.45) is 0 Å². The molecule has 0 aliphatic carbocycles. The quantitative estimate of drug-likeness (QED) is 0.365. The molecule has 1 aliphatic rings. The SMILES string of the molecule is Nc1ncnc2c1ncn2Cc1cn([C@H](c2ccccc2)[C@H](c2ccccc2)N2CCNCC2)nn1. The predicted molar refractivity (Wildman–Crippen MR) is 137 cm³/mol. The molecular weight excluding hydrogens is 452 g/mol. The summed E-state index contributed by atoms with van der Waals surface area (Å²) in [7, 11) is 0. The fourth-order valence-electron chi connectivity index (χ4n) is 5.04. The summed E-state index contributed by atoms with van der Waals surface area (Å²) in [6, 6.07) is 21.3. The number of hydrogen-bond donors (Lipinski definition) is 2. The molecule has 6 rings (SSSR count). The smallest absolute Gasteiger partial charge is 0.165 e. The van der Waals surface area contributed by atoms with E-state index in [9.17, 15) is 0 Å². The van der Waals surface area contributed by atoms with Gasteiger partial charge in [-0.15, -0.1) is 5.10 Å². The van der Waals surface area contributed by atoms with Gasteiger partial charge in [0.05, 0.1) is 31.2 Å². The summed E-state index contributed by atoms with van der Waals surface area (Å²) in [5.41, 5.74) is 10.5. The Morgan fingerprint density at radius 2 is 1.56 bits per heavy atom. The molecule has 1 fully saturated rings. The molecule has 0 spiro atoms. The minimum Gasteiger partial charge on any atom is -0.382 e. The first-order valence-corrected chi connectivity index (χ1v) is 12.1. The van der Waals surface area contributed by atoms with Gasteiger partial charge in [0.1, 0.15) is 17.5 Å². The summed E-state index contributed by atoms with van der Waals surface area (Å²) in [6.45, 7) is 4.34. The molecule has 5 aromatic rings. The molecule has 0 bridgehead atoms. The largest absolute Gasteiger partial charge is 0.382 e. The molecule has 4 heterocycles. The summed E-state index contributed by atoms with van der Waals surface area (Å²) in [4.78, 5) is 15.3. The van der Waals surface area contributed by atoms with Crippen LogP contribution in [0.4, 0.5) is 5.82 Å². The third-order valence-electron chi connectivity index (χ3n) is 6.73. The molecule has 3 N–H and O–H groups in total. The van der Waals surface area contributed by atoms with Crippen molar-refractivity contribution < 1.29 is 0 Å². The first-order valence-electron chi connectivity index (χ1n) is 12.1. The molecule has 36 heavy (non-hydrogen) atoms. The highest BCUT2D eigenvalue weighted by Crippen LogP contribution is 2.37. The lowest BCUT2D eigenvalue weighted by Crippen LogP contribution is -2.47. The number of nitrogen functional groups attached to an aromatic ring is 1. The van der Waals surface area contributed by atoms with Crippen LogP contribution in [0.5, 0.6) is 0 Å². The zero-order valence-corrected chi connectivity index (χ0v) is 19.9. The second-order valence-electron chi connectivity index (χ2n) is 8.99. The van der Waals surface area contributed by atoms with Crippen molar-refractivity contribution in [3.63, 3.8) is 0 Å². The standard InChI is InChI=1S/C26H28N10/c27-25-22-26(30-17-29-25)35(18-31-22)15-21-16-36(33-32-21)24(20-9-5-2-6-10-20)23(19-7-3-1-4-8-19)34-13-11-28-12-14-34/h1-10,16-18,23-24,28H,11-15H2,(H2,27,29,30)/t23-,24+/m0/s1. The van der Waals surface area contributed by atoms with Gasteiger partial charge in [-0.3, -0.25) is 4.90 Å². The molecule has 1 saturated heterocycles. The van der Waals surface area contributed by atoms with Gasteiger partial charge < -0.3 is 15.6 Å². The van der Waals surface area contributed by atoms with Crippen molar-refractivity contribution in [2.75, 3.05) is 31.9 Å². The number of rotatable bonds is 7. The van der Waals surface area contributed by atoms with E-state index >= 15 is 0 Å². The summed E-state index contributed by atoms with van der Waals surface area (Å²) >= 11 is 0. The van der Waals surface area contributed by atoms with Gasteiger partial charge in [-0.25, -0.2) is 19.6 Å². The number of nitrogens with zero attached hydrogens (tertiary/aromatic N) is 8. The van der Waals surface area contributed by atoms with Crippen molar-refractivity contribution in [3.05, 3.63) is 96.3 Å². The van der Waals surface area contributed by atoms with Crippen LogP contribution in [0, 0.1) is 0 Å². The molecule has 0 amide bonds. The van der Waals surface area contributed by atoms with E-state index in [2.05, 4.69) is 90.1 Å². The number of benzene rings is 2. The van der Waals surface area contributed by atoms with Gasteiger partial charge in [-0.1, -0.05) is 65.9 Å². The van der Waals surface area contributed by atoms with Crippen molar-refractivity contribution in [3.8, 4) is 0 Å². The van der Waals surface area contributed by atoms with Gasteiger partial charge in [0, 0.05) is 26.2 Å². The number of piperazine rings is 1. The van der Waals surface area contributed by atoms with Crippen molar-refractivity contribution in [2.45, 2.75) is 18.6 Å². The second kappa shape index (κ2) is 9.84. The van der Waals surface area contributed by atoms with Gasteiger partial charge in [0.25, 0.3) is 0 Å². The summed E-state index contributed by atoms with van der Waals surface area (Å²) in [6.07, 6.45) is 5.21. The lowest BCUT2D eigenvalue weighted by molar-refractivity contribution is 0.135. The lowest BCUT2D eigenvalue weighted by Gasteiger charge is -2.39.